The fraction of sp³-hybridized carbons (Fsp3) is 0.588. The molecule has 1 heterocycles. The van der Waals surface area contributed by atoms with Gasteiger partial charge in [-0.05, 0) is 36.5 Å². The van der Waals surface area contributed by atoms with E-state index in [1.54, 1.807) is 0 Å². The number of carbonyl (C=O) groups is 1. The molecule has 1 amide bonds. The van der Waals surface area contributed by atoms with Gasteiger partial charge in [-0.15, -0.1) is 0 Å². The van der Waals surface area contributed by atoms with Crippen molar-refractivity contribution in [1.29, 1.82) is 0 Å². The highest BCUT2D eigenvalue weighted by Gasteiger charge is 2.34. The quantitative estimate of drug-likeness (QED) is 0.877. The largest absolute Gasteiger partial charge is 0.493 e. The van der Waals surface area contributed by atoms with Crippen LogP contribution in [0.5, 0.6) is 5.75 Å². The molecule has 0 spiro atoms. The summed E-state index contributed by atoms with van der Waals surface area (Å²) in [5.74, 6) is 1.26. The van der Waals surface area contributed by atoms with Crippen molar-refractivity contribution in [3.8, 4) is 5.75 Å². The average Bonchev–Trinajstić information content (AvgIpc) is 2.53. The lowest BCUT2D eigenvalue weighted by Crippen LogP contribution is -2.43. The van der Waals surface area contributed by atoms with Crippen molar-refractivity contribution >= 4 is 6.09 Å². The molecule has 5 nitrogen and oxygen atoms in total. The van der Waals surface area contributed by atoms with Crippen molar-refractivity contribution in [2.24, 2.45) is 11.3 Å². The van der Waals surface area contributed by atoms with Gasteiger partial charge >= 0.3 is 6.09 Å². The molecule has 22 heavy (non-hydrogen) atoms. The topological polar surface area (TPSA) is 70.0 Å². The molecular weight excluding hydrogens is 282 g/mol. The zero-order valence-electron chi connectivity index (χ0n) is 13.3. The first-order chi connectivity index (χ1) is 10.4. The van der Waals surface area contributed by atoms with Gasteiger partial charge in [0, 0.05) is 18.5 Å². The van der Waals surface area contributed by atoms with E-state index in [-0.39, 0.29) is 12.0 Å². The Bertz CT molecular complexity index is 490. The van der Waals surface area contributed by atoms with Gasteiger partial charge in [-0.25, -0.2) is 4.79 Å². The van der Waals surface area contributed by atoms with Crippen LogP contribution in [0.25, 0.3) is 0 Å². The molecule has 0 aromatic heterocycles. The van der Waals surface area contributed by atoms with E-state index in [2.05, 4.69) is 13.8 Å². The summed E-state index contributed by atoms with van der Waals surface area (Å²) in [4.78, 5) is 12.4. The molecule has 0 saturated carbocycles. The van der Waals surface area contributed by atoms with Crippen LogP contribution >= 0.6 is 0 Å². The summed E-state index contributed by atoms with van der Waals surface area (Å²) < 4.78 is 5.89. The van der Waals surface area contributed by atoms with Gasteiger partial charge in [0.15, 0.2) is 0 Å². The molecular formula is C17H25NO4. The molecule has 5 heteroatoms. The number of aliphatic hydroxyl groups is 1. The summed E-state index contributed by atoms with van der Waals surface area (Å²) >= 11 is 0. The highest BCUT2D eigenvalue weighted by Crippen LogP contribution is 2.35. The van der Waals surface area contributed by atoms with Gasteiger partial charge in [0.2, 0.25) is 0 Å². The smallest absolute Gasteiger partial charge is 0.407 e. The molecule has 1 aliphatic heterocycles. The second-order valence-electron chi connectivity index (χ2n) is 6.62. The number of carboxylic acid groups (broad SMARTS) is 1. The third-order valence-corrected chi connectivity index (χ3v) is 4.59. The second-order valence-corrected chi connectivity index (χ2v) is 6.62. The first kappa shape index (κ1) is 16.6. The van der Waals surface area contributed by atoms with E-state index in [0.29, 0.717) is 25.6 Å². The van der Waals surface area contributed by atoms with E-state index in [0.717, 1.165) is 24.2 Å². The number of rotatable bonds is 5. The summed E-state index contributed by atoms with van der Waals surface area (Å²) in [5.41, 5.74) is 0.868. The van der Waals surface area contributed by atoms with Crippen LogP contribution in [0.15, 0.2) is 24.3 Å². The molecule has 0 atom stereocenters. The second kappa shape index (κ2) is 7.01. The Hall–Kier alpha value is -1.75. The predicted octanol–water partition coefficient (Wildman–Crippen LogP) is 2.97. The molecule has 1 saturated heterocycles. The van der Waals surface area contributed by atoms with Crippen LogP contribution in [0.2, 0.25) is 0 Å². The molecule has 1 aliphatic rings. The number of nitrogens with zero attached hydrogens (tertiary/aromatic N) is 1. The zero-order chi connectivity index (χ0) is 16.2. The lowest BCUT2D eigenvalue weighted by Gasteiger charge is -2.39. The molecule has 1 aromatic rings. The number of amides is 1. The summed E-state index contributed by atoms with van der Waals surface area (Å²) in [6, 6.07) is 7.45. The van der Waals surface area contributed by atoms with Crippen LogP contribution in [0.4, 0.5) is 4.79 Å². The van der Waals surface area contributed by atoms with Crippen LogP contribution in [0.1, 0.15) is 32.3 Å². The maximum Gasteiger partial charge on any atom is 0.407 e. The van der Waals surface area contributed by atoms with E-state index < -0.39 is 6.09 Å². The maximum absolute atomic E-state index is 11.0. The van der Waals surface area contributed by atoms with E-state index in [9.17, 15) is 4.79 Å². The fourth-order valence-electron chi connectivity index (χ4n) is 2.93. The minimum Gasteiger partial charge on any atom is -0.493 e. The third-order valence-electron chi connectivity index (χ3n) is 4.59. The van der Waals surface area contributed by atoms with Crippen molar-refractivity contribution in [2.75, 3.05) is 19.7 Å². The van der Waals surface area contributed by atoms with Crippen LogP contribution in [-0.4, -0.2) is 40.9 Å². The first-order valence-electron chi connectivity index (χ1n) is 7.73. The van der Waals surface area contributed by atoms with Gasteiger partial charge in [-0.2, -0.15) is 0 Å². The minimum atomic E-state index is -0.823. The Kier molecular flexibility index (Phi) is 5.29. The zero-order valence-corrected chi connectivity index (χ0v) is 13.3. The summed E-state index contributed by atoms with van der Waals surface area (Å²) in [7, 11) is 0. The van der Waals surface area contributed by atoms with Gasteiger partial charge in [-0.1, -0.05) is 26.0 Å². The highest BCUT2D eigenvalue weighted by molar-refractivity contribution is 5.64. The Morgan fingerprint density at radius 1 is 1.27 bits per heavy atom. The lowest BCUT2D eigenvalue weighted by atomic mass is 9.74. The summed E-state index contributed by atoms with van der Waals surface area (Å²) in [6.07, 6.45) is 0.939. The Morgan fingerprint density at radius 3 is 2.36 bits per heavy atom. The molecule has 1 fully saturated rings. The number of piperidine rings is 1. The number of hydrogen-bond donors (Lipinski definition) is 2. The third kappa shape index (κ3) is 4.13. The standard InChI is InChI=1S/C17H25NO4/c1-17(2,14-7-9-18(10-8-14)16(20)21)12-22-15-5-3-13(11-19)4-6-15/h3-6,14,19H,7-12H2,1-2H3,(H,20,21). The van der Waals surface area contributed by atoms with Crippen molar-refractivity contribution in [3.05, 3.63) is 29.8 Å². The number of aliphatic hydroxyl groups excluding tert-OH is 1. The van der Waals surface area contributed by atoms with E-state index in [1.807, 2.05) is 24.3 Å². The molecule has 2 N–H and O–H groups in total. The van der Waals surface area contributed by atoms with Gasteiger partial charge < -0.3 is 19.8 Å². The normalized spacial score (nSPS) is 16.6. The number of ether oxygens (including phenoxy) is 1. The number of benzene rings is 1. The fourth-order valence-corrected chi connectivity index (χ4v) is 2.93. The van der Waals surface area contributed by atoms with Gasteiger partial charge in [-0.3, -0.25) is 0 Å². The van der Waals surface area contributed by atoms with Crippen molar-refractivity contribution in [2.45, 2.75) is 33.3 Å². The van der Waals surface area contributed by atoms with E-state index in [1.165, 1.54) is 4.90 Å². The Morgan fingerprint density at radius 2 is 1.86 bits per heavy atom. The number of hydrogen-bond acceptors (Lipinski definition) is 3. The van der Waals surface area contributed by atoms with Gasteiger partial charge in [0.1, 0.15) is 5.75 Å². The van der Waals surface area contributed by atoms with Crippen molar-refractivity contribution < 1.29 is 19.7 Å². The van der Waals surface area contributed by atoms with Crippen molar-refractivity contribution in [1.82, 2.24) is 4.90 Å². The molecule has 0 radical (unpaired) electrons. The maximum atomic E-state index is 11.0. The van der Waals surface area contributed by atoms with E-state index >= 15 is 0 Å². The van der Waals surface area contributed by atoms with Crippen LogP contribution in [0.3, 0.4) is 0 Å². The van der Waals surface area contributed by atoms with Crippen LogP contribution in [-0.2, 0) is 6.61 Å². The number of likely N-dealkylation sites (tertiary alicyclic amines) is 1. The Labute approximate surface area is 131 Å². The van der Waals surface area contributed by atoms with Crippen LogP contribution < -0.4 is 4.74 Å². The molecule has 0 unspecified atom stereocenters. The molecule has 0 aliphatic carbocycles. The molecule has 0 bridgehead atoms. The first-order valence-corrected chi connectivity index (χ1v) is 7.73. The van der Waals surface area contributed by atoms with Crippen molar-refractivity contribution in [3.63, 3.8) is 0 Å². The summed E-state index contributed by atoms with van der Waals surface area (Å²) in [5, 5.41) is 18.0. The van der Waals surface area contributed by atoms with Gasteiger partial charge in [0.25, 0.3) is 0 Å². The van der Waals surface area contributed by atoms with Gasteiger partial charge in [0.05, 0.1) is 13.2 Å². The highest BCUT2D eigenvalue weighted by atomic mass is 16.5. The summed E-state index contributed by atoms with van der Waals surface area (Å²) in [6.45, 7) is 6.20. The molecule has 1 aromatic carbocycles. The predicted molar refractivity (Wildman–Crippen MR) is 84.0 cm³/mol. The average molecular weight is 307 g/mol. The van der Waals surface area contributed by atoms with E-state index in [4.69, 9.17) is 14.9 Å². The SMILES string of the molecule is CC(C)(COc1ccc(CO)cc1)C1CCN(C(=O)O)CC1. The van der Waals surface area contributed by atoms with Crippen LogP contribution in [0, 0.1) is 11.3 Å². The minimum absolute atomic E-state index is 0.000241. The Balaban J connectivity index is 1.86. The monoisotopic (exact) mass is 307 g/mol. The molecule has 122 valence electrons. The molecule has 2 rings (SSSR count). The lowest BCUT2D eigenvalue weighted by molar-refractivity contribution is 0.0573.